The summed E-state index contributed by atoms with van der Waals surface area (Å²) in [6.07, 6.45) is 4.74. The van der Waals surface area contributed by atoms with E-state index in [-0.39, 0.29) is 5.78 Å². The van der Waals surface area contributed by atoms with E-state index in [1.165, 1.54) is 12.0 Å². The van der Waals surface area contributed by atoms with Gasteiger partial charge >= 0.3 is 0 Å². The van der Waals surface area contributed by atoms with Gasteiger partial charge in [0.15, 0.2) is 5.78 Å². The van der Waals surface area contributed by atoms with Crippen molar-refractivity contribution in [2.24, 2.45) is 17.3 Å². The van der Waals surface area contributed by atoms with Crippen LogP contribution in [0.25, 0.3) is 0 Å². The monoisotopic (exact) mass is 218 g/mol. The average Bonchev–Trinajstić information content (AvgIpc) is 2.24. The third-order valence-electron chi connectivity index (χ3n) is 4.58. The molecule has 0 unspecified atom stereocenters. The van der Waals surface area contributed by atoms with Gasteiger partial charge in [0.2, 0.25) is 0 Å². The molecule has 16 heavy (non-hydrogen) atoms. The molecule has 0 aromatic rings. The molecule has 0 N–H and O–H groups in total. The van der Waals surface area contributed by atoms with Crippen molar-refractivity contribution in [3.05, 3.63) is 24.3 Å². The second kappa shape index (κ2) is 3.87. The Hall–Kier alpha value is -0.850. The first-order valence-electron chi connectivity index (χ1n) is 6.30. The minimum absolute atomic E-state index is 0.250. The zero-order chi connectivity index (χ0) is 11.9. The van der Waals surface area contributed by atoms with Gasteiger partial charge in [0.05, 0.1) is 0 Å². The van der Waals surface area contributed by atoms with E-state index in [2.05, 4.69) is 27.0 Å². The Morgan fingerprint density at radius 3 is 2.50 bits per heavy atom. The van der Waals surface area contributed by atoms with Crippen LogP contribution in [0.15, 0.2) is 24.3 Å². The van der Waals surface area contributed by atoms with Gasteiger partial charge in [-0.05, 0) is 48.5 Å². The minimum atomic E-state index is 0.250. The van der Waals surface area contributed by atoms with Gasteiger partial charge in [-0.25, -0.2) is 0 Å². The van der Waals surface area contributed by atoms with Crippen molar-refractivity contribution in [3.8, 4) is 0 Å². The lowest BCUT2D eigenvalue weighted by atomic mass is 9.52. The quantitative estimate of drug-likeness (QED) is 0.445. The first kappa shape index (κ1) is 11.6. The fourth-order valence-corrected chi connectivity index (χ4v) is 3.37. The van der Waals surface area contributed by atoms with Gasteiger partial charge < -0.3 is 0 Å². The number of hydrogen-bond acceptors (Lipinski definition) is 1. The third kappa shape index (κ3) is 1.88. The van der Waals surface area contributed by atoms with E-state index < -0.39 is 0 Å². The Kier molecular flexibility index (Phi) is 2.81. The highest BCUT2D eigenvalue weighted by molar-refractivity contribution is 5.94. The van der Waals surface area contributed by atoms with E-state index in [4.69, 9.17) is 0 Å². The van der Waals surface area contributed by atoms with E-state index in [1.54, 1.807) is 0 Å². The second-order valence-electron chi connectivity index (χ2n) is 6.13. The fourth-order valence-electron chi connectivity index (χ4n) is 3.37. The lowest BCUT2D eigenvalue weighted by molar-refractivity contribution is -0.115. The molecule has 1 nitrogen and oxygen atoms in total. The molecule has 0 bridgehead atoms. The molecule has 0 aromatic heterocycles. The highest BCUT2D eigenvalue weighted by Gasteiger charge is 2.47. The predicted octanol–water partition coefficient (Wildman–Crippen LogP) is 3.90. The van der Waals surface area contributed by atoms with E-state index in [0.717, 1.165) is 24.8 Å². The molecule has 0 spiro atoms. The van der Waals surface area contributed by atoms with Crippen LogP contribution < -0.4 is 0 Å². The van der Waals surface area contributed by atoms with Crippen molar-refractivity contribution < 1.29 is 4.79 Å². The molecule has 0 heterocycles. The second-order valence-corrected chi connectivity index (χ2v) is 6.13. The standard InChI is InChI=1S/C15H22O/c1-10-6-8-14(16)11(2)5-7-13-12(10)9-15(13,3)4/h12-13H,1-2,5-9H2,3-4H3/t12-,13-/m1/s1. The maximum absolute atomic E-state index is 11.7. The highest BCUT2D eigenvalue weighted by Crippen LogP contribution is 2.56. The maximum atomic E-state index is 11.7. The van der Waals surface area contributed by atoms with Crippen LogP contribution in [0.5, 0.6) is 0 Å². The van der Waals surface area contributed by atoms with E-state index in [0.29, 0.717) is 23.7 Å². The number of ketones is 1. The molecule has 0 aromatic carbocycles. The zero-order valence-corrected chi connectivity index (χ0v) is 10.5. The zero-order valence-electron chi connectivity index (χ0n) is 10.5. The minimum Gasteiger partial charge on any atom is -0.295 e. The summed E-state index contributed by atoms with van der Waals surface area (Å²) < 4.78 is 0. The Morgan fingerprint density at radius 1 is 1.19 bits per heavy atom. The summed E-state index contributed by atoms with van der Waals surface area (Å²) in [4.78, 5) is 11.7. The Bertz CT molecular complexity index is 348. The molecule has 0 saturated heterocycles. The van der Waals surface area contributed by atoms with E-state index in [9.17, 15) is 4.79 Å². The first-order valence-corrected chi connectivity index (χ1v) is 6.30. The average molecular weight is 218 g/mol. The number of carbonyl (C=O) groups excluding carboxylic acids is 1. The molecular formula is C15H22O. The molecule has 2 rings (SSSR count). The number of allylic oxidation sites excluding steroid dienone is 2. The van der Waals surface area contributed by atoms with E-state index in [1.807, 2.05) is 0 Å². The van der Waals surface area contributed by atoms with Crippen LogP contribution in [0.3, 0.4) is 0 Å². The van der Waals surface area contributed by atoms with Crippen LogP contribution in [0.4, 0.5) is 0 Å². The van der Waals surface area contributed by atoms with Crippen LogP contribution in [0.2, 0.25) is 0 Å². The number of rotatable bonds is 0. The summed E-state index contributed by atoms with van der Waals surface area (Å²) >= 11 is 0. The van der Waals surface area contributed by atoms with Gasteiger partial charge in [0.1, 0.15) is 0 Å². The van der Waals surface area contributed by atoms with Crippen molar-refractivity contribution in [1.82, 2.24) is 0 Å². The van der Waals surface area contributed by atoms with Gasteiger partial charge in [-0.1, -0.05) is 32.6 Å². The number of hydrogen-bond donors (Lipinski definition) is 0. The van der Waals surface area contributed by atoms with Crippen LogP contribution in [0.1, 0.15) is 46.0 Å². The Balaban J connectivity index is 2.15. The van der Waals surface area contributed by atoms with Gasteiger partial charge in [0.25, 0.3) is 0 Å². The number of fused-ring (bicyclic) bond motifs is 1. The van der Waals surface area contributed by atoms with E-state index >= 15 is 0 Å². The highest BCUT2D eigenvalue weighted by atomic mass is 16.1. The Morgan fingerprint density at radius 2 is 1.88 bits per heavy atom. The van der Waals surface area contributed by atoms with Crippen LogP contribution in [-0.4, -0.2) is 5.78 Å². The molecular weight excluding hydrogens is 196 g/mol. The van der Waals surface area contributed by atoms with Crippen molar-refractivity contribution in [3.63, 3.8) is 0 Å². The summed E-state index contributed by atoms with van der Waals surface area (Å²) in [5, 5.41) is 0. The number of Topliss-reactive ketones (excluding diaryl/α,β-unsaturated/α-hetero) is 1. The number of carbonyl (C=O) groups is 1. The summed E-state index contributed by atoms with van der Waals surface area (Å²) in [5.74, 6) is 1.62. The molecule has 2 atom stereocenters. The molecule has 1 heteroatoms. The van der Waals surface area contributed by atoms with Gasteiger partial charge in [-0.3, -0.25) is 4.79 Å². The fraction of sp³-hybridized carbons (Fsp3) is 0.667. The van der Waals surface area contributed by atoms with Crippen LogP contribution in [0, 0.1) is 17.3 Å². The summed E-state index contributed by atoms with van der Waals surface area (Å²) in [6, 6.07) is 0. The Labute approximate surface area is 98.6 Å². The molecule has 2 aliphatic carbocycles. The smallest absolute Gasteiger partial charge is 0.158 e. The molecule has 2 aliphatic rings. The largest absolute Gasteiger partial charge is 0.295 e. The normalized spacial score (nSPS) is 34.5. The van der Waals surface area contributed by atoms with Crippen LogP contribution >= 0.6 is 0 Å². The molecule has 0 amide bonds. The first-order chi connectivity index (χ1) is 7.42. The molecule has 0 aliphatic heterocycles. The lowest BCUT2D eigenvalue weighted by Crippen LogP contribution is -2.44. The molecule has 0 radical (unpaired) electrons. The van der Waals surface area contributed by atoms with Crippen molar-refractivity contribution in [2.75, 3.05) is 0 Å². The topological polar surface area (TPSA) is 17.1 Å². The maximum Gasteiger partial charge on any atom is 0.158 e. The summed E-state index contributed by atoms with van der Waals surface area (Å²) in [6.45, 7) is 12.8. The SMILES string of the molecule is C=C1CC[C@@H]2[C@H](CC2(C)C)C(=C)CCC1=O. The van der Waals surface area contributed by atoms with Crippen molar-refractivity contribution >= 4 is 5.78 Å². The van der Waals surface area contributed by atoms with Crippen molar-refractivity contribution in [2.45, 2.75) is 46.0 Å². The van der Waals surface area contributed by atoms with Gasteiger partial charge in [0, 0.05) is 6.42 Å². The summed E-state index contributed by atoms with van der Waals surface area (Å²) in [5.41, 5.74) is 2.56. The van der Waals surface area contributed by atoms with Crippen molar-refractivity contribution in [1.29, 1.82) is 0 Å². The molecule has 88 valence electrons. The predicted molar refractivity (Wildman–Crippen MR) is 67.1 cm³/mol. The molecule has 2 fully saturated rings. The molecule has 2 saturated carbocycles. The third-order valence-corrected chi connectivity index (χ3v) is 4.58. The summed E-state index contributed by atoms with van der Waals surface area (Å²) in [7, 11) is 0. The van der Waals surface area contributed by atoms with Gasteiger partial charge in [-0.15, -0.1) is 0 Å². The van der Waals surface area contributed by atoms with Crippen LogP contribution in [-0.2, 0) is 4.79 Å². The lowest BCUT2D eigenvalue weighted by Gasteiger charge is -2.53. The van der Waals surface area contributed by atoms with Gasteiger partial charge in [-0.2, -0.15) is 0 Å².